The number of hydrogen-bond acceptors (Lipinski definition) is 9. The smallest absolute Gasteiger partial charge is 0.166 e. The van der Waals surface area contributed by atoms with E-state index in [0.717, 1.165) is 88.5 Å². The van der Waals surface area contributed by atoms with Crippen LogP contribution >= 0.6 is 0 Å². The summed E-state index contributed by atoms with van der Waals surface area (Å²) in [4.78, 5) is 43.8. The zero-order valence-electron chi connectivity index (χ0n) is 39.8. The van der Waals surface area contributed by atoms with Gasteiger partial charge in [0.25, 0.3) is 0 Å². The lowest BCUT2D eigenvalue weighted by Gasteiger charge is -2.17. The zero-order chi connectivity index (χ0) is 48.5. The normalized spacial score (nSPS) is 11.6. The molecule has 0 fully saturated rings. The van der Waals surface area contributed by atoms with Crippen LogP contribution in [0.25, 0.3) is 123 Å². The number of hydrogen-bond donors (Lipinski definition) is 0. The first-order valence-electron chi connectivity index (χ1n) is 23.9. The molecule has 0 saturated heterocycles. The van der Waals surface area contributed by atoms with Gasteiger partial charge in [-0.15, -0.1) is 0 Å². The van der Waals surface area contributed by atoms with E-state index in [-0.39, 0.29) is 0 Å². The third-order valence-corrected chi connectivity index (χ3v) is 13.2. The molecule has 5 aromatic heterocycles. The standard InChI is InChI=1S/C61H43N11/c1-36-62-37(2)65-59(64-36)44-26-30-54-49(34-44)50-35-45(60-66-38(3)63-39(4)67-60)27-31-55(50)72(54)56-29-25-43(42-24-28-53-48(32-42)47-22-14-15-23-52(47)71(53)46-20-12-7-13-21-46)33-51(56)61-69-57(40-16-8-5-9-17-40)68-58(70-61)41-18-10-6-11-19-41/h5-35H,1-4H3. The molecule has 11 nitrogen and oxygen atoms in total. The maximum Gasteiger partial charge on any atom is 0.166 e. The lowest BCUT2D eigenvalue weighted by Crippen LogP contribution is -2.04. The van der Waals surface area contributed by atoms with Crippen LogP contribution in [0.2, 0.25) is 0 Å². The van der Waals surface area contributed by atoms with Gasteiger partial charge in [0.15, 0.2) is 29.1 Å². The first kappa shape index (κ1) is 42.5. The maximum absolute atomic E-state index is 5.35. The molecule has 0 aliphatic rings. The van der Waals surface area contributed by atoms with E-state index in [0.29, 0.717) is 52.4 Å². The SMILES string of the molecule is Cc1nc(C)nc(-c2ccc3c(c2)c2cc(-c4nc(C)nc(C)n4)ccc2n3-c2ccc(-c3ccc4c(c3)c3ccccc3n4-c3ccccc3)cc2-c2nc(-c3ccccc3)nc(-c3ccccc3)n2)n1. The van der Waals surface area contributed by atoms with Crippen molar-refractivity contribution in [2.24, 2.45) is 0 Å². The highest BCUT2D eigenvalue weighted by Gasteiger charge is 2.23. The second-order valence-electron chi connectivity index (χ2n) is 18.0. The lowest BCUT2D eigenvalue weighted by molar-refractivity contribution is 0.928. The number of aromatic nitrogens is 11. The van der Waals surface area contributed by atoms with E-state index < -0.39 is 0 Å². The van der Waals surface area contributed by atoms with Gasteiger partial charge in [0.1, 0.15) is 23.3 Å². The highest BCUT2D eigenvalue weighted by molar-refractivity contribution is 6.13. The molecule has 0 aliphatic carbocycles. The summed E-state index contributed by atoms with van der Waals surface area (Å²) in [5.41, 5.74) is 12.7. The molecule has 0 atom stereocenters. The van der Waals surface area contributed by atoms with Crippen LogP contribution in [0.5, 0.6) is 0 Å². The second kappa shape index (κ2) is 17.1. The summed E-state index contributed by atoms with van der Waals surface area (Å²) in [6.45, 7) is 7.58. The third-order valence-electron chi connectivity index (χ3n) is 13.2. The van der Waals surface area contributed by atoms with E-state index in [9.17, 15) is 0 Å². The molecule has 13 aromatic rings. The van der Waals surface area contributed by atoms with Crippen molar-refractivity contribution in [3.05, 3.63) is 211 Å². The first-order valence-corrected chi connectivity index (χ1v) is 23.9. The Morgan fingerprint density at radius 1 is 0.264 bits per heavy atom. The fourth-order valence-corrected chi connectivity index (χ4v) is 10.1. The van der Waals surface area contributed by atoms with Crippen molar-refractivity contribution in [3.63, 3.8) is 0 Å². The number of aryl methyl sites for hydroxylation is 4. The molecule has 0 amide bonds. The van der Waals surface area contributed by atoms with Crippen molar-refractivity contribution in [2.45, 2.75) is 27.7 Å². The van der Waals surface area contributed by atoms with Crippen LogP contribution in [0.4, 0.5) is 0 Å². The molecular weight excluding hydrogens is 887 g/mol. The Labute approximate surface area is 414 Å². The average molecular weight is 930 g/mol. The highest BCUT2D eigenvalue weighted by atomic mass is 15.1. The Morgan fingerprint density at radius 2 is 0.653 bits per heavy atom. The van der Waals surface area contributed by atoms with Gasteiger partial charge >= 0.3 is 0 Å². The molecule has 0 N–H and O–H groups in total. The Kier molecular flexibility index (Phi) is 10.1. The minimum absolute atomic E-state index is 0.539. The quantitative estimate of drug-likeness (QED) is 0.146. The minimum atomic E-state index is 0.539. The summed E-state index contributed by atoms with van der Waals surface area (Å²) < 4.78 is 4.66. The Bertz CT molecular complexity index is 4050. The van der Waals surface area contributed by atoms with Gasteiger partial charge in [-0.3, -0.25) is 0 Å². The lowest BCUT2D eigenvalue weighted by atomic mass is 9.99. The largest absolute Gasteiger partial charge is 0.309 e. The number of nitrogens with zero attached hydrogens (tertiary/aromatic N) is 11. The van der Waals surface area contributed by atoms with Crippen molar-refractivity contribution >= 4 is 43.6 Å². The van der Waals surface area contributed by atoms with Gasteiger partial charge in [0.2, 0.25) is 0 Å². The topological polar surface area (TPSA) is 126 Å². The van der Waals surface area contributed by atoms with Crippen molar-refractivity contribution < 1.29 is 0 Å². The molecule has 0 saturated carbocycles. The van der Waals surface area contributed by atoms with Crippen LogP contribution in [-0.4, -0.2) is 54.0 Å². The van der Waals surface area contributed by atoms with E-state index in [4.69, 9.17) is 34.9 Å². The zero-order valence-corrected chi connectivity index (χ0v) is 39.8. The minimum Gasteiger partial charge on any atom is -0.309 e. The summed E-state index contributed by atoms with van der Waals surface area (Å²) in [6, 6.07) is 65.6. The molecule has 0 aliphatic heterocycles. The Hall–Kier alpha value is -9.61. The van der Waals surface area contributed by atoms with E-state index in [1.165, 1.54) is 5.39 Å². The van der Waals surface area contributed by atoms with E-state index in [1.54, 1.807) is 0 Å². The van der Waals surface area contributed by atoms with Crippen LogP contribution in [-0.2, 0) is 0 Å². The van der Waals surface area contributed by atoms with E-state index >= 15 is 0 Å². The second-order valence-corrected chi connectivity index (χ2v) is 18.0. The molecule has 0 unspecified atom stereocenters. The van der Waals surface area contributed by atoms with Crippen molar-refractivity contribution in [1.29, 1.82) is 0 Å². The predicted molar refractivity (Wildman–Crippen MR) is 287 cm³/mol. The first-order chi connectivity index (χ1) is 35.3. The van der Waals surface area contributed by atoms with Gasteiger partial charge < -0.3 is 9.13 Å². The van der Waals surface area contributed by atoms with E-state index in [2.05, 4.69) is 146 Å². The maximum atomic E-state index is 5.35. The van der Waals surface area contributed by atoms with E-state index in [1.807, 2.05) is 88.4 Å². The Balaban J connectivity index is 1.09. The average Bonchev–Trinajstić information content (AvgIpc) is 3.92. The summed E-state index contributed by atoms with van der Waals surface area (Å²) in [6.07, 6.45) is 0. The molecule has 5 heterocycles. The van der Waals surface area contributed by atoms with Gasteiger partial charge in [0, 0.05) is 55.0 Å². The van der Waals surface area contributed by atoms with Crippen LogP contribution in [0.15, 0.2) is 188 Å². The number of para-hydroxylation sites is 2. The fourth-order valence-electron chi connectivity index (χ4n) is 10.1. The molecule has 13 rings (SSSR count). The monoisotopic (exact) mass is 929 g/mol. The molecular formula is C61H43N11. The number of benzene rings is 8. The molecule has 0 spiro atoms. The summed E-state index contributed by atoms with van der Waals surface area (Å²) in [5.74, 6) is 5.57. The number of fused-ring (bicyclic) bond motifs is 6. The van der Waals surface area contributed by atoms with Gasteiger partial charge in [-0.2, -0.15) is 0 Å². The summed E-state index contributed by atoms with van der Waals surface area (Å²) >= 11 is 0. The van der Waals surface area contributed by atoms with Crippen molar-refractivity contribution in [2.75, 3.05) is 0 Å². The molecule has 0 bridgehead atoms. The van der Waals surface area contributed by atoms with Gasteiger partial charge in [-0.25, -0.2) is 44.9 Å². The highest BCUT2D eigenvalue weighted by Crippen LogP contribution is 2.42. The van der Waals surface area contributed by atoms with Crippen molar-refractivity contribution in [1.82, 2.24) is 54.0 Å². The van der Waals surface area contributed by atoms with Gasteiger partial charge in [0.05, 0.1) is 27.8 Å². The molecule has 8 aromatic carbocycles. The van der Waals surface area contributed by atoms with Crippen LogP contribution in [0.3, 0.4) is 0 Å². The van der Waals surface area contributed by atoms with Crippen LogP contribution < -0.4 is 0 Å². The molecule has 72 heavy (non-hydrogen) atoms. The summed E-state index contributed by atoms with van der Waals surface area (Å²) in [7, 11) is 0. The number of rotatable bonds is 8. The van der Waals surface area contributed by atoms with Crippen molar-refractivity contribution in [3.8, 4) is 79.4 Å². The van der Waals surface area contributed by atoms with Gasteiger partial charge in [-0.05, 0) is 118 Å². The Morgan fingerprint density at radius 3 is 1.21 bits per heavy atom. The summed E-state index contributed by atoms with van der Waals surface area (Å²) in [5, 5.41) is 4.35. The third kappa shape index (κ3) is 7.42. The van der Waals surface area contributed by atoms with Gasteiger partial charge in [-0.1, -0.05) is 109 Å². The fraction of sp³-hybridized carbons (Fsp3) is 0.0656. The molecule has 11 heteroatoms. The molecule has 0 radical (unpaired) electrons. The molecule has 342 valence electrons. The van der Waals surface area contributed by atoms with Crippen LogP contribution in [0.1, 0.15) is 23.3 Å². The van der Waals surface area contributed by atoms with Crippen LogP contribution in [0, 0.1) is 27.7 Å². The predicted octanol–water partition coefficient (Wildman–Crippen LogP) is 13.7.